The van der Waals surface area contributed by atoms with Crippen molar-refractivity contribution in [3.05, 3.63) is 35.9 Å². The maximum Gasteiger partial charge on any atom is 0.338 e. The van der Waals surface area contributed by atoms with Crippen molar-refractivity contribution in [3.63, 3.8) is 0 Å². The largest absolute Gasteiger partial charge is 0.458 e. The first kappa shape index (κ1) is 14.1. The zero-order chi connectivity index (χ0) is 13.7. The summed E-state index contributed by atoms with van der Waals surface area (Å²) in [6, 6.07) is 9.27. The predicted molar refractivity (Wildman–Crippen MR) is 76.2 cm³/mol. The highest BCUT2D eigenvalue weighted by Crippen LogP contribution is 2.28. The van der Waals surface area contributed by atoms with Crippen LogP contribution in [0.5, 0.6) is 0 Å². The maximum atomic E-state index is 12.1. The molecule has 1 saturated carbocycles. The highest BCUT2D eigenvalue weighted by atomic mass is 16.5. The highest BCUT2D eigenvalue weighted by molar-refractivity contribution is 5.89. The number of carbonyl (C=O) groups is 1. The quantitative estimate of drug-likeness (QED) is 0.780. The fourth-order valence-electron chi connectivity index (χ4n) is 2.79. The fourth-order valence-corrected chi connectivity index (χ4v) is 2.79. The zero-order valence-electron chi connectivity index (χ0n) is 11.8. The first-order chi connectivity index (χ1) is 9.16. The Hall–Kier alpha value is -1.35. The van der Waals surface area contributed by atoms with Gasteiger partial charge in [0, 0.05) is 12.5 Å². The minimum Gasteiger partial charge on any atom is -0.458 e. The van der Waals surface area contributed by atoms with E-state index in [2.05, 4.69) is 19.0 Å². The van der Waals surface area contributed by atoms with Crippen LogP contribution in [0.3, 0.4) is 0 Å². The molecule has 3 heteroatoms. The van der Waals surface area contributed by atoms with Crippen molar-refractivity contribution in [2.24, 2.45) is 5.92 Å². The zero-order valence-corrected chi connectivity index (χ0v) is 11.8. The van der Waals surface area contributed by atoms with Crippen molar-refractivity contribution in [3.8, 4) is 0 Å². The first-order valence-electron chi connectivity index (χ1n) is 7.07. The van der Waals surface area contributed by atoms with E-state index in [1.165, 1.54) is 6.42 Å². The second-order valence-corrected chi connectivity index (χ2v) is 5.62. The lowest BCUT2D eigenvalue weighted by atomic mass is 9.86. The monoisotopic (exact) mass is 261 g/mol. The molecule has 1 aromatic rings. The van der Waals surface area contributed by atoms with Gasteiger partial charge in [0.15, 0.2) is 0 Å². The van der Waals surface area contributed by atoms with Gasteiger partial charge in [0.05, 0.1) is 5.56 Å². The van der Waals surface area contributed by atoms with Crippen molar-refractivity contribution in [2.45, 2.75) is 31.8 Å². The Morgan fingerprint density at radius 3 is 2.58 bits per heavy atom. The molecule has 19 heavy (non-hydrogen) atoms. The average molecular weight is 261 g/mol. The smallest absolute Gasteiger partial charge is 0.338 e. The Kier molecular flexibility index (Phi) is 4.97. The van der Waals surface area contributed by atoms with Crippen molar-refractivity contribution in [1.29, 1.82) is 0 Å². The highest BCUT2D eigenvalue weighted by Gasteiger charge is 2.28. The maximum absolute atomic E-state index is 12.1. The number of hydrogen-bond donors (Lipinski definition) is 0. The molecule has 1 aromatic carbocycles. The van der Waals surface area contributed by atoms with E-state index in [1.54, 1.807) is 0 Å². The summed E-state index contributed by atoms with van der Waals surface area (Å²) in [6.07, 6.45) is 4.64. The number of benzene rings is 1. The third-order valence-corrected chi connectivity index (χ3v) is 3.71. The van der Waals surface area contributed by atoms with Crippen LogP contribution in [0.4, 0.5) is 0 Å². The molecule has 0 spiro atoms. The molecular formula is C16H23NO2. The van der Waals surface area contributed by atoms with E-state index in [0.29, 0.717) is 11.5 Å². The molecule has 0 saturated heterocycles. The molecule has 1 aliphatic rings. The molecule has 0 aromatic heterocycles. The van der Waals surface area contributed by atoms with Gasteiger partial charge in [-0.1, -0.05) is 24.6 Å². The van der Waals surface area contributed by atoms with Crippen LogP contribution in [0.25, 0.3) is 0 Å². The molecule has 104 valence electrons. The van der Waals surface area contributed by atoms with Gasteiger partial charge in [-0.25, -0.2) is 4.79 Å². The molecule has 1 fully saturated rings. The summed E-state index contributed by atoms with van der Waals surface area (Å²) in [5.74, 6) is 0.285. The molecule has 0 N–H and O–H groups in total. The average Bonchev–Trinajstić information content (AvgIpc) is 2.41. The Morgan fingerprint density at radius 2 is 1.89 bits per heavy atom. The van der Waals surface area contributed by atoms with Gasteiger partial charge in [-0.05, 0) is 45.5 Å². The lowest BCUT2D eigenvalue weighted by Gasteiger charge is -2.32. The van der Waals surface area contributed by atoms with Gasteiger partial charge in [0.2, 0.25) is 0 Å². The Balaban J connectivity index is 1.97. The van der Waals surface area contributed by atoms with Gasteiger partial charge in [0.1, 0.15) is 6.10 Å². The van der Waals surface area contributed by atoms with Crippen LogP contribution in [0.15, 0.2) is 30.3 Å². The molecule has 2 rings (SSSR count). The summed E-state index contributed by atoms with van der Waals surface area (Å²) in [4.78, 5) is 14.3. The summed E-state index contributed by atoms with van der Waals surface area (Å²) >= 11 is 0. The van der Waals surface area contributed by atoms with E-state index in [9.17, 15) is 4.79 Å². The molecule has 2 atom stereocenters. The summed E-state index contributed by atoms with van der Waals surface area (Å²) in [5.41, 5.74) is 0.650. The van der Waals surface area contributed by atoms with Gasteiger partial charge in [-0.3, -0.25) is 0 Å². The SMILES string of the molecule is CN(C)C[C@H]1CCCC[C@H]1OC(=O)c1ccccc1. The van der Waals surface area contributed by atoms with Crippen molar-refractivity contribution < 1.29 is 9.53 Å². The van der Waals surface area contributed by atoms with Crippen LogP contribution in [0, 0.1) is 5.92 Å². The Labute approximate surface area is 115 Å². The summed E-state index contributed by atoms with van der Waals surface area (Å²) < 4.78 is 5.73. The second kappa shape index (κ2) is 6.71. The molecule has 0 amide bonds. The molecular weight excluding hydrogens is 238 g/mol. The fraction of sp³-hybridized carbons (Fsp3) is 0.562. The molecule has 0 heterocycles. The minimum atomic E-state index is -0.184. The number of carbonyl (C=O) groups excluding carboxylic acids is 1. The third kappa shape index (κ3) is 4.06. The molecule has 0 radical (unpaired) electrons. The van der Waals surface area contributed by atoms with Crippen LogP contribution in [0.2, 0.25) is 0 Å². The van der Waals surface area contributed by atoms with Crippen LogP contribution in [0.1, 0.15) is 36.0 Å². The predicted octanol–water partition coefficient (Wildman–Crippen LogP) is 2.96. The molecule has 3 nitrogen and oxygen atoms in total. The number of hydrogen-bond acceptors (Lipinski definition) is 3. The Morgan fingerprint density at radius 1 is 1.21 bits per heavy atom. The molecule has 1 aliphatic carbocycles. The van der Waals surface area contributed by atoms with Crippen LogP contribution < -0.4 is 0 Å². The first-order valence-corrected chi connectivity index (χ1v) is 7.07. The van der Waals surface area contributed by atoms with E-state index in [1.807, 2.05) is 30.3 Å². The molecule has 0 aliphatic heterocycles. The number of ether oxygens (including phenoxy) is 1. The normalized spacial score (nSPS) is 23.3. The van der Waals surface area contributed by atoms with Crippen molar-refractivity contribution in [2.75, 3.05) is 20.6 Å². The second-order valence-electron chi connectivity index (χ2n) is 5.62. The summed E-state index contributed by atoms with van der Waals surface area (Å²) in [5, 5.41) is 0. The topological polar surface area (TPSA) is 29.5 Å². The van der Waals surface area contributed by atoms with E-state index < -0.39 is 0 Å². The van der Waals surface area contributed by atoms with Gasteiger partial charge in [-0.2, -0.15) is 0 Å². The van der Waals surface area contributed by atoms with E-state index in [4.69, 9.17) is 4.74 Å². The number of esters is 1. The van der Waals surface area contributed by atoms with E-state index >= 15 is 0 Å². The van der Waals surface area contributed by atoms with Gasteiger partial charge < -0.3 is 9.64 Å². The van der Waals surface area contributed by atoms with Crippen molar-refractivity contribution in [1.82, 2.24) is 4.90 Å². The summed E-state index contributed by atoms with van der Waals surface area (Å²) in [7, 11) is 4.15. The van der Waals surface area contributed by atoms with Gasteiger partial charge in [0.25, 0.3) is 0 Å². The lowest BCUT2D eigenvalue weighted by Crippen LogP contribution is -2.36. The third-order valence-electron chi connectivity index (χ3n) is 3.71. The minimum absolute atomic E-state index is 0.0730. The lowest BCUT2D eigenvalue weighted by molar-refractivity contribution is -0.00324. The van der Waals surface area contributed by atoms with Gasteiger partial charge in [-0.15, -0.1) is 0 Å². The number of nitrogens with zero attached hydrogens (tertiary/aromatic N) is 1. The Bertz CT molecular complexity index is 402. The standard InChI is InChI=1S/C16H23NO2/c1-17(2)12-14-10-6-7-11-15(14)19-16(18)13-8-4-3-5-9-13/h3-5,8-9,14-15H,6-7,10-12H2,1-2H3/t14-,15-/m1/s1. The van der Waals surface area contributed by atoms with Gasteiger partial charge >= 0.3 is 5.97 Å². The molecule has 0 bridgehead atoms. The molecule has 0 unspecified atom stereocenters. The van der Waals surface area contributed by atoms with Crippen LogP contribution >= 0.6 is 0 Å². The van der Waals surface area contributed by atoms with Crippen LogP contribution in [-0.4, -0.2) is 37.6 Å². The van der Waals surface area contributed by atoms with Crippen LogP contribution in [-0.2, 0) is 4.74 Å². The van der Waals surface area contributed by atoms with E-state index in [-0.39, 0.29) is 12.1 Å². The van der Waals surface area contributed by atoms with Crippen molar-refractivity contribution >= 4 is 5.97 Å². The van der Waals surface area contributed by atoms with E-state index in [0.717, 1.165) is 25.8 Å². The summed E-state index contributed by atoms with van der Waals surface area (Å²) in [6.45, 7) is 0.993. The number of rotatable bonds is 4.